The first kappa shape index (κ1) is 24.9. The summed E-state index contributed by atoms with van der Waals surface area (Å²) in [5.74, 6) is 0.931. The number of nitrogens with zero attached hydrogens (tertiary/aromatic N) is 2. The molecule has 1 aliphatic heterocycles. The molecular formula is C33H34N2O2. The predicted molar refractivity (Wildman–Crippen MR) is 149 cm³/mol. The minimum Gasteiger partial charge on any atom is -0.489 e. The Hall–Kier alpha value is -3.73. The van der Waals surface area contributed by atoms with Crippen LogP contribution in [0.25, 0.3) is 0 Å². The molecule has 1 atom stereocenters. The number of ketones is 1. The molecule has 1 saturated heterocycles. The van der Waals surface area contributed by atoms with Crippen molar-refractivity contribution in [2.75, 3.05) is 26.2 Å². The lowest BCUT2D eigenvalue weighted by molar-refractivity contribution is 0.0640. The standard InChI is InChI=1S/C33H34N2O2/c1-26(33(36)30-17-19-31(20-18-30)37-25-27-11-5-2-6-12-27)34-21-23-35(24-22-34)32(28-13-7-3-8-14-28)29-15-9-4-10-16-29/h2-20,26,32H,21-25H2,1H3. The Bertz CT molecular complexity index is 1210. The molecule has 4 heteroatoms. The fraction of sp³-hybridized carbons (Fsp3) is 0.242. The molecule has 5 rings (SSSR count). The molecule has 0 radical (unpaired) electrons. The van der Waals surface area contributed by atoms with Gasteiger partial charge in [-0.05, 0) is 47.9 Å². The number of piperazine rings is 1. The number of Topliss-reactive ketones (excluding diaryl/α,β-unsaturated/α-hetero) is 1. The van der Waals surface area contributed by atoms with Crippen LogP contribution in [0.1, 0.15) is 40.0 Å². The van der Waals surface area contributed by atoms with Crippen LogP contribution in [0.3, 0.4) is 0 Å². The summed E-state index contributed by atoms with van der Waals surface area (Å²) in [7, 11) is 0. The van der Waals surface area contributed by atoms with Crippen molar-refractivity contribution in [2.24, 2.45) is 0 Å². The number of ether oxygens (including phenoxy) is 1. The summed E-state index contributed by atoms with van der Waals surface area (Å²) in [5, 5.41) is 0. The monoisotopic (exact) mass is 490 g/mol. The van der Waals surface area contributed by atoms with Crippen LogP contribution in [-0.2, 0) is 6.61 Å². The quantitative estimate of drug-likeness (QED) is 0.260. The summed E-state index contributed by atoms with van der Waals surface area (Å²) in [6.07, 6.45) is 0. The summed E-state index contributed by atoms with van der Waals surface area (Å²) in [6, 6.07) is 39.1. The summed E-state index contributed by atoms with van der Waals surface area (Å²) < 4.78 is 5.88. The average Bonchev–Trinajstić information content (AvgIpc) is 2.98. The molecule has 1 aliphatic rings. The van der Waals surface area contributed by atoms with E-state index in [4.69, 9.17) is 4.74 Å². The Morgan fingerprint density at radius 3 is 1.70 bits per heavy atom. The van der Waals surface area contributed by atoms with Gasteiger partial charge in [-0.2, -0.15) is 0 Å². The average molecular weight is 491 g/mol. The number of hydrogen-bond acceptors (Lipinski definition) is 4. The van der Waals surface area contributed by atoms with Crippen LogP contribution in [0.5, 0.6) is 5.75 Å². The largest absolute Gasteiger partial charge is 0.489 e. The molecule has 188 valence electrons. The molecular weight excluding hydrogens is 456 g/mol. The van der Waals surface area contributed by atoms with Gasteiger partial charge in [-0.15, -0.1) is 0 Å². The van der Waals surface area contributed by atoms with Crippen LogP contribution in [0.15, 0.2) is 115 Å². The predicted octanol–water partition coefficient (Wildman–Crippen LogP) is 6.24. The van der Waals surface area contributed by atoms with Crippen LogP contribution >= 0.6 is 0 Å². The van der Waals surface area contributed by atoms with Crippen molar-refractivity contribution in [3.63, 3.8) is 0 Å². The van der Waals surface area contributed by atoms with Crippen LogP contribution in [0.4, 0.5) is 0 Å². The molecule has 4 nitrogen and oxygen atoms in total. The molecule has 0 saturated carbocycles. The van der Waals surface area contributed by atoms with Gasteiger partial charge in [-0.1, -0.05) is 91.0 Å². The zero-order chi connectivity index (χ0) is 25.5. The minimum absolute atomic E-state index is 0.158. The second kappa shape index (κ2) is 12.0. The number of hydrogen-bond donors (Lipinski definition) is 0. The summed E-state index contributed by atoms with van der Waals surface area (Å²) >= 11 is 0. The molecule has 0 amide bonds. The van der Waals surface area contributed by atoms with Gasteiger partial charge in [0, 0.05) is 31.7 Å². The lowest BCUT2D eigenvalue weighted by Crippen LogP contribution is -2.52. The van der Waals surface area contributed by atoms with E-state index in [1.54, 1.807) is 0 Å². The van der Waals surface area contributed by atoms with Gasteiger partial charge in [-0.25, -0.2) is 0 Å². The van der Waals surface area contributed by atoms with Crippen molar-refractivity contribution >= 4 is 5.78 Å². The van der Waals surface area contributed by atoms with Gasteiger partial charge < -0.3 is 4.74 Å². The second-order valence-corrected chi connectivity index (χ2v) is 9.63. The molecule has 1 heterocycles. The van der Waals surface area contributed by atoms with E-state index in [-0.39, 0.29) is 17.9 Å². The van der Waals surface area contributed by atoms with Crippen LogP contribution in [0.2, 0.25) is 0 Å². The SMILES string of the molecule is CC(C(=O)c1ccc(OCc2ccccc2)cc1)N1CCN(C(c2ccccc2)c2ccccc2)CC1. The maximum atomic E-state index is 13.3. The zero-order valence-corrected chi connectivity index (χ0v) is 21.4. The van der Waals surface area contributed by atoms with E-state index in [9.17, 15) is 4.79 Å². The van der Waals surface area contributed by atoms with E-state index in [0.29, 0.717) is 6.61 Å². The topological polar surface area (TPSA) is 32.8 Å². The van der Waals surface area contributed by atoms with Crippen molar-refractivity contribution in [3.8, 4) is 5.75 Å². The van der Waals surface area contributed by atoms with Crippen LogP contribution in [0, 0.1) is 0 Å². The van der Waals surface area contributed by atoms with E-state index in [1.165, 1.54) is 11.1 Å². The van der Waals surface area contributed by atoms with Gasteiger partial charge >= 0.3 is 0 Å². The molecule has 1 fully saturated rings. The van der Waals surface area contributed by atoms with Gasteiger partial charge in [0.15, 0.2) is 5.78 Å². The highest BCUT2D eigenvalue weighted by Crippen LogP contribution is 2.30. The third-order valence-corrected chi connectivity index (χ3v) is 7.26. The third-order valence-electron chi connectivity index (χ3n) is 7.26. The first-order valence-corrected chi connectivity index (χ1v) is 13.1. The Morgan fingerprint density at radius 2 is 1.16 bits per heavy atom. The number of carbonyl (C=O) groups is 1. The highest BCUT2D eigenvalue weighted by molar-refractivity contribution is 5.99. The van der Waals surface area contributed by atoms with Crippen molar-refractivity contribution in [2.45, 2.75) is 25.6 Å². The third kappa shape index (κ3) is 6.16. The molecule has 1 unspecified atom stereocenters. The van der Waals surface area contributed by atoms with Crippen molar-refractivity contribution in [3.05, 3.63) is 138 Å². The molecule has 4 aromatic rings. The van der Waals surface area contributed by atoms with E-state index in [0.717, 1.165) is 43.1 Å². The van der Waals surface area contributed by atoms with Gasteiger partial charge in [0.1, 0.15) is 12.4 Å². The smallest absolute Gasteiger partial charge is 0.179 e. The Labute approximate surface area is 220 Å². The van der Waals surface area contributed by atoms with Gasteiger partial charge in [0.25, 0.3) is 0 Å². The summed E-state index contributed by atoms with van der Waals surface area (Å²) in [5.41, 5.74) is 4.47. The number of benzene rings is 4. The Balaban J connectivity index is 1.19. The molecule has 4 aromatic carbocycles. The lowest BCUT2D eigenvalue weighted by atomic mass is 9.96. The highest BCUT2D eigenvalue weighted by Gasteiger charge is 2.30. The number of carbonyl (C=O) groups excluding carboxylic acids is 1. The van der Waals surface area contributed by atoms with E-state index in [1.807, 2.05) is 61.5 Å². The molecule has 0 bridgehead atoms. The molecule has 37 heavy (non-hydrogen) atoms. The minimum atomic E-state index is -0.162. The summed E-state index contributed by atoms with van der Waals surface area (Å²) in [6.45, 7) is 6.10. The Kier molecular flexibility index (Phi) is 8.09. The molecule has 0 aromatic heterocycles. The lowest BCUT2D eigenvalue weighted by Gasteiger charge is -2.41. The zero-order valence-electron chi connectivity index (χ0n) is 21.4. The highest BCUT2D eigenvalue weighted by atomic mass is 16.5. The van der Waals surface area contributed by atoms with Crippen LogP contribution in [-0.4, -0.2) is 47.8 Å². The maximum Gasteiger partial charge on any atom is 0.179 e. The Morgan fingerprint density at radius 1 is 0.676 bits per heavy atom. The van der Waals surface area contributed by atoms with Gasteiger partial charge in [0.05, 0.1) is 12.1 Å². The van der Waals surface area contributed by atoms with Gasteiger partial charge in [0.2, 0.25) is 0 Å². The van der Waals surface area contributed by atoms with E-state index < -0.39 is 0 Å². The normalized spacial score (nSPS) is 15.4. The first-order chi connectivity index (χ1) is 18.2. The van der Waals surface area contributed by atoms with Crippen molar-refractivity contribution in [1.82, 2.24) is 9.80 Å². The second-order valence-electron chi connectivity index (χ2n) is 9.63. The molecule has 0 N–H and O–H groups in total. The molecule has 0 aliphatic carbocycles. The van der Waals surface area contributed by atoms with Gasteiger partial charge in [-0.3, -0.25) is 14.6 Å². The van der Waals surface area contributed by atoms with E-state index in [2.05, 4.69) is 70.5 Å². The van der Waals surface area contributed by atoms with Crippen molar-refractivity contribution in [1.29, 1.82) is 0 Å². The van der Waals surface area contributed by atoms with Crippen molar-refractivity contribution < 1.29 is 9.53 Å². The number of rotatable bonds is 9. The van der Waals surface area contributed by atoms with E-state index >= 15 is 0 Å². The first-order valence-electron chi connectivity index (χ1n) is 13.1. The summed E-state index contributed by atoms with van der Waals surface area (Å²) in [4.78, 5) is 18.1. The van der Waals surface area contributed by atoms with Crippen LogP contribution < -0.4 is 4.74 Å². The molecule has 0 spiro atoms. The fourth-order valence-corrected chi connectivity index (χ4v) is 5.13. The maximum absolute atomic E-state index is 13.3. The fourth-order valence-electron chi connectivity index (χ4n) is 5.13.